The van der Waals surface area contributed by atoms with Crippen LogP contribution in [0.25, 0.3) is 0 Å². The van der Waals surface area contributed by atoms with Crippen molar-refractivity contribution in [2.24, 2.45) is 5.41 Å². The Labute approximate surface area is 167 Å². The molecule has 2 nitrogen and oxygen atoms in total. The molecule has 2 rings (SSSR count). The number of hydrogen-bond donors (Lipinski definition) is 0. The van der Waals surface area contributed by atoms with Crippen LogP contribution in [0.1, 0.15) is 102 Å². The Kier molecular flexibility index (Phi) is 8.38. The smallest absolute Gasteiger partial charge is 0.293 e. The van der Waals surface area contributed by atoms with Crippen LogP contribution < -0.4 is 0 Å². The number of rotatable bonds is 13. The first-order valence-electron chi connectivity index (χ1n) is 11.0. The van der Waals surface area contributed by atoms with Crippen molar-refractivity contribution in [1.82, 2.24) is 0 Å². The lowest BCUT2D eigenvalue weighted by Gasteiger charge is -2.17. The highest BCUT2D eigenvalue weighted by molar-refractivity contribution is 5.39. The SMILES string of the molecule is Cc1cc(CCCCCC(C)(C)C)ccc1CCCCCC1(OC=O)CC1. The second-order valence-corrected chi connectivity index (χ2v) is 9.84. The van der Waals surface area contributed by atoms with Crippen molar-refractivity contribution in [3.8, 4) is 0 Å². The van der Waals surface area contributed by atoms with E-state index >= 15 is 0 Å². The zero-order valence-corrected chi connectivity index (χ0v) is 18.1. The molecule has 0 saturated heterocycles. The summed E-state index contributed by atoms with van der Waals surface area (Å²) in [6.45, 7) is 9.88. The minimum atomic E-state index is -0.0772. The van der Waals surface area contributed by atoms with E-state index in [2.05, 4.69) is 45.9 Å². The molecule has 1 aromatic rings. The molecule has 0 bridgehead atoms. The Balaban J connectivity index is 1.62. The van der Waals surface area contributed by atoms with Crippen molar-refractivity contribution in [2.75, 3.05) is 0 Å². The summed E-state index contributed by atoms with van der Waals surface area (Å²) in [5.41, 5.74) is 4.83. The summed E-state index contributed by atoms with van der Waals surface area (Å²) in [5, 5.41) is 0. The molecule has 1 aliphatic rings. The van der Waals surface area contributed by atoms with Crippen LogP contribution in [0.5, 0.6) is 0 Å². The van der Waals surface area contributed by atoms with Gasteiger partial charge in [-0.05, 0) is 86.8 Å². The Bertz CT molecular complexity index is 578. The van der Waals surface area contributed by atoms with Crippen LogP contribution in [-0.2, 0) is 22.4 Å². The van der Waals surface area contributed by atoms with E-state index in [1.807, 2.05) is 0 Å². The maximum absolute atomic E-state index is 10.5. The van der Waals surface area contributed by atoms with E-state index < -0.39 is 0 Å². The Hall–Kier alpha value is -1.31. The number of aryl methyl sites for hydroxylation is 3. The number of hydrogen-bond acceptors (Lipinski definition) is 2. The average Bonchev–Trinajstić information content (AvgIpc) is 3.35. The molecule has 152 valence electrons. The lowest BCUT2D eigenvalue weighted by Crippen LogP contribution is -2.12. The van der Waals surface area contributed by atoms with E-state index in [-0.39, 0.29) is 5.60 Å². The van der Waals surface area contributed by atoms with Crippen molar-refractivity contribution in [3.05, 3.63) is 34.9 Å². The first-order chi connectivity index (χ1) is 12.8. The number of carbonyl (C=O) groups excluding carboxylic acids is 1. The molecule has 0 spiro atoms. The molecule has 1 fully saturated rings. The van der Waals surface area contributed by atoms with Gasteiger partial charge in [0.05, 0.1) is 0 Å². The van der Waals surface area contributed by atoms with Gasteiger partial charge in [0, 0.05) is 0 Å². The normalized spacial score (nSPS) is 15.6. The molecule has 2 heteroatoms. The third kappa shape index (κ3) is 8.49. The zero-order chi connectivity index (χ0) is 19.8. The molecular weight excluding hydrogens is 332 g/mol. The molecule has 1 saturated carbocycles. The summed E-state index contributed by atoms with van der Waals surface area (Å²) in [4.78, 5) is 10.5. The summed E-state index contributed by atoms with van der Waals surface area (Å²) in [5.74, 6) is 0. The third-order valence-electron chi connectivity index (χ3n) is 5.98. The fraction of sp³-hybridized carbons (Fsp3) is 0.720. The molecule has 0 amide bonds. The average molecular weight is 373 g/mol. The fourth-order valence-corrected chi connectivity index (χ4v) is 3.96. The van der Waals surface area contributed by atoms with Gasteiger partial charge in [0.1, 0.15) is 5.60 Å². The van der Waals surface area contributed by atoms with Crippen molar-refractivity contribution >= 4 is 6.47 Å². The second kappa shape index (κ2) is 10.3. The van der Waals surface area contributed by atoms with Crippen LogP contribution in [0.4, 0.5) is 0 Å². The van der Waals surface area contributed by atoms with Gasteiger partial charge in [-0.3, -0.25) is 4.79 Å². The highest BCUT2D eigenvalue weighted by atomic mass is 16.5. The quantitative estimate of drug-likeness (QED) is 0.276. The summed E-state index contributed by atoms with van der Waals surface area (Å²) in [7, 11) is 0. The van der Waals surface area contributed by atoms with E-state index in [0.717, 1.165) is 19.3 Å². The van der Waals surface area contributed by atoms with Crippen LogP contribution in [0, 0.1) is 12.3 Å². The van der Waals surface area contributed by atoms with Gasteiger partial charge in [-0.1, -0.05) is 58.2 Å². The molecule has 0 N–H and O–H groups in total. The molecule has 1 aliphatic carbocycles. The maximum Gasteiger partial charge on any atom is 0.293 e. The number of carbonyl (C=O) groups is 1. The van der Waals surface area contributed by atoms with E-state index in [0.29, 0.717) is 11.9 Å². The van der Waals surface area contributed by atoms with Crippen LogP contribution in [0.2, 0.25) is 0 Å². The maximum atomic E-state index is 10.5. The summed E-state index contributed by atoms with van der Waals surface area (Å²) in [6, 6.07) is 7.08. The molecule has 0 unspecified atom stereocenters. The molecular formula is C25H40O2. The van der Waals surface area contributed by atoms with Crippen LogP contribution in [0.3, 0.4) is 0 Å². The molecule has 0 heterocycles. The van der Waals surface area contributed by atoms with Crippen molar-refractivity contribution < 1.29 is 9.53 Å². The number of benzene rings is 1. The van der Waals surface area contributed by atoms with Gasteiger partial charge < -0.3 is 4.74 Å². The molecule has 0 aromatic heterocycles. The Morgan fingerprint density at radius 1 is 1.00 bits per heavy atom. The zero-order valence-electron chi connectivity index (χ0n) is 18.1. The van der Waals surface area contributed by atoms with E-state index in [1.165, 1.54) is 74.5 Å². The predicted octanol–water partition coefficient (Wildman–Crippen LogP) is 6.95. The summed E-state index contributed by atoms with van der Waals surface area (Å²) in [6.07, 6.45) is 14.5. The fourth-order valence-electron chi connectivity index (χ4n) is 3.96. The monoisotopic (exact) mass is 372 g/mol. The van der Waals surface area contributed by atoms with Crippen molar-refractivity contribution in [2.45, 2.75) is 110 Å². The van der Waals surface area contributed by atoms with Gasteiger partial charge in [0.2, 0.25) is 0 Å². The summed E-state index contributed by atoms with van der Waals surface area (Å²) < 4.78 is 5.22. The topological polar surface area (TPSA) is 26.3 Å². The third-order valence-corrected chi connectivity index (χ3v) is 5.98. The minimum absolute atomic E-state index is 0.0772. The van der Waals surface area contributed by atoms with Gasteiger partial charge in [-0.25, -0.2) is 0 Å². The number of ether oxygens (including phenoxy) is 1. The highest BCUT2D eigenvalue weighted by Gasteiger charge is 2.44. The van der Waals surface area contributed by atoms with Crippen molar-refractivity contribution in [1.29, 1.82) is 0 Å². The lowest BCUT2D eigenvalue weighted by molar-refractivity contribution is -0.135. The van der Waals surface area contributed by atoms with E-state index in [9.17, 15) is 4.79 Å². The van der Waals surface area contributed by atoms with Gasteiger partial charge >= 0.3 is 0 Å². The van der Waals surface area contributed by atoms with E-state index in [4.69, 9.17) is 4.74 Å². The van der Waals surface area contributed by atoms with Crippen LogP contribution >= 0.6 is 0 Å². The van der Waals surface area contributed by atoms with Gasteiger partial charge in [-0.2, -0.15) is 0 Å². The van der Waals surface area contributed by atoms with Crippen LogP contribution in [0.15, 0.2) is 18.2 Å². The lowest BCUT2D eigenvalue weighted by atomic mass is 9.89. The Morgan fingerprint density at radius 3 is 2.33 bits per heavy atom. The van der Waals surface area contributed by atoms with Crippen LogP contribution in [-0.4, -0.2) is 12.1 Å². The van der Waals surface area contributed by atoms with Gasteiger partial charge in [-0.15, -0.1) is 0 Å². The molecule has 0 atom stereocenters. The minimum Gasteiger partial charge on any atom is -0.461 e. The second-order valence-electron chi connectivity index (χ2n) is 9.84. The van der Waals surface area contributed by atoms with Crippen molar-refractivity contribution in [3.63, 3.8) is 0 Å². The highest BCUT2D eigenvalue weighted by Crippen LogP contribution is 2.43. The molecule has 0 radical (unpaired) electrons. The largest absolute Gasteiger partial charge is 0.461 e. The number of unbranched alkanes of at least 4 members (excludes halogenated alkanes) is 4. The molecule has 0 aliphatic heterocycles. The molecule has 27 heavy (non-hydrogen) atoms. The Morgan fingerprint density at radius 2 is 1.70 bits per heavy atom. The predicted molar refractivity (Wildman–Crippen MR) is 114 cm³/mol. The van der Waals surface area contributed by atoms with E-state index in [1.54, 1.807) is 0 Å². The standard InChI is InChI=1S/C25H40O2/c1-21-19-22(11-7-5-9-15-24(2,3)4)13-14-23(21)12-8-6-10-16-25(17-18-25)27-20-26/h13-14,19-20H,5-12,15-18H2,1-4H3. The van der Waals surface area contributed by atoms with Gasteiger partial charge in [0.15, 0.2) is 0 Å². The first-order valence-corrected chi connectivity index (χ1v) is 11.0. The first kappa shape index (κ1) is 22.0. The summed E-state index contributed by atoms with van der Waals surface area (Å²) >= 11 is 0. The molecule has 1 aromatic carbocycles. The van der Waals surface area contributed by atoms with Gasteiger partial charge in [0.25, 0.3) is 6.47 Å².